The fourth-order valence-corrected chi connectivity index (χ4v) is 4.05. The van der Waals surface area contributed by atoms with Crippen molar-refractivity contribution >= 4 is 11.6 Å². The molecule has 16 heavy (non-hydrogen) atoms. The lowest BCUT2D eigenvalue weighted by atomic mass is 9.74. The first-order valence-electron chi connectivity index (χ1n) is 6.23. The molecule has 0 bridgehead atoms. The van der Waals surface area contributed by atoms with E-state index < -0.39 is 0 Å². The van der Waals surface area contributed by atoms with Gasteiger partial charge in [-0.25, -0.2) is 0 Å². The summed E-state index contributed by atoms with van der Waals surface area (Å²) < 4.78 is 0. The molecule has 1 N–H and O–H groups in total. The van der Waals surface area contributed by atoms with Crippen molar-refractivity contribution in [3.05, 3.63) is 34.3 Å². The van der Waals surface area contributed by atoms with Crippen LogP contribution in [-0.2, 0) is 5.41 Å². The molecule has 1 saturated heterocycles. The number of rotatable bonds is 0. The molecule has 1 atom stereocenters. The topological polar surface area (TPSA) is 12.0 Å². The Morgan fingerprint density at radius 3 is 2.81 bits per heavy atom. The van der Waals surface area contributed by atoms with Gasteiger partial charge >= 0.3 is 0 Å². The minimum Gasteiger partial charge on any atom is -0.317 e. The van der Waals surface area contributed by atoms with Crippen LogP contribution in [0.5, 0.6) is 0 Å². The molecule has 1 aromatic rings. The van der Waals surface area contributed by atoms with Crippen LogP contribution in [0.4, 0.5) is 0 Å². The predicted molar refractivity (Wildman–Crippen MR) is 68.3 cm³/mol. The summed E-state index contributed by atoms with van der Waals surface area (Å²) in [5, 5.41) is 4.45. The van der Waals surface area contributed by atoms with Gasteiger partial charge in [-0.3, -0.25) is 0 Å². The van der Waals surface area contributed by atoms with Crippen molar-refractivity contribution in [2.45, 2.75) is 37.5 Å². The highest BCUT2D eigenvalue weighted by Crippen LogP contribution is 2.52. The molecule has 0 radical (unpaired) electrons. The van der Waals surface area contributed by atoms with Crippen LogP contribution in [0.3, 0.4) is 0 Å². The summed E-state index contributed by atoms with van der Waals surface area (Å²) in [6.45, 7) is 4.61. The van der Waals surface area contributed by atoms with E-state index in [1.54, 1.807) is 0 Å². The zero-order valence-electron chi connectivity index (χ0n) is 9.72. The fraction of sp³-hybridized carbons (Fsp3) is 0.571. The molecular weight excluding hydrogens is 218 g/mol. The van der Waals surface area contributed by atoms with Gasteiger partial charge in [0.15, 0.2) is 0 Å². The number of halogens is 1. The number of fused-ring (bicyclic) bond motifs is 2. The highest BCUT2D eigenvalue weighted by Gasteiger charge is 2.43. The van der Waals surface area contributed by atoms with E-state index in [0.29, 0.717) is 11.3 Å². The van der Waals surface area contributed by atoms with E-state index in [2.05, 4.69) is 30.4 Å². The van der Waals surface area contributed by atoms with E-state index >= 15 is 0 Å². The molecule has 1 spiro atoms. The van der Waals surface area contributed by atoms with Crippen molar-refractivity contribution < 1.29 is 0 Å². The Hall–Kier alpha value is -0.530. The molecule has 1 fully saturated rings. The van der Waals surface area contributed by atoms with Gasteiger partial charge in [0.25, 0.3) is 0 Å². The van der Waals surface area contributed by atoms with Crippen LogP contribution >= 0.6 is 11.6 Å². The summed E-state index contributed by atoms with van der Waals surface area (Å²) in [7, 11) is 0. The summed E-state index contributed by atoms with van der Waals surface area (Å²) in [6.07, 6.45) is 3.77. The average molecular weight is 236 g/mol. The molecule has 0 amide bonds. The van der Waals surface area contributed by atoms with Crippen molar-refractivity contribution in [2.24, 2.45) is 0 Å². The summed E-state index contributed by atoms with van der Waals surface area (Å²) in [6, 6.07) is 6.42. The van der Waals surface area contributed by atoms with Gasteiger partial charge in [0.05, 0.1) is 0 Å². The molecular formula is C14H18ClN. The van der Waals surface area contributed by atoms with Crippen LogP contribution in [0, 0.1) is 0 Å². The molecule has 1 heterocycles. The van der Waals surface area contributed by atoms with Crippen molar-refractivity contribution in [3.63, 3.8) is 0 Å². The monoisotopic (exact) mass is 235 g/mol. The summed E-state index contributed by atoms with van der Waals surface area (Å²) in [4.78, 5) is 0. The Morgan fingerprint density at radius 1 is 1.31 bits per heavy atom. The van der Waals surface area contributed by atoms with Crippen molar-refractivity contribution in [1.29, 1.82) is 0 Å². The van der Waals surface area contributed by atoms with Crippen LogP contribution in [-0.4, -0.2) is 13.1 Å². The maximum absolute atomic E-state index is 6.44. The second-order valence-electron chi connectivity index (χ2n) is 5.34. The first-order valence-corrected chi connectivity index (χ1v) is 6.60. The van der Waals surface area contributed by atoms with Crippen molar-refractivity contribution in [1.82, 2.24) is 5.32 Å². The summed E-state index contributed by atoms with van der Waals surface area (Å²) in [5.74, 6) is 0.673. The molecule has 0 saturated carbocycles. The predicted octanol–water partition coefficient (Wildman–Crippen LogP) is 3.47. The quantitative estimate of drug-likeness (QED) is 0.726. The normalized spacial score (nSPS) is 27.0. The molecule has 86 valence electrons. The minimum atomic E-state index is 0.373. The van der Waals surface area contributed by atoms with Gasteiger partial charge in [-0.05, 0) is 55.5 Å². The zero-order valence-corrected chi connectivity index (χ0v) is 10.5. The Balaban J connectivity index is 2.13. The van der Waals surface area contributed by atoms with Gasteiger partial charge in [-0.1, -0.05) is 30.7 Å². The summed E-state index contributed by atoms with van der Waals surface area (Å²) in [5.41, 5.74) is 3.33. The Kier molecular flexibility index (Phi) is 2.49. The van der Waals surface area contributed by atoms with Crippen LogP contribution in [0.25, 0.3) is 0 Å². The maximum atomic E-state index is 6.44. The Bertz CT molecular complexity index is 407. The maximum Gasteiger partial charge on any atom is 0.0446 e. The fourth-order valence-electron chi connectivity index (χ4n) is 3.67. The number of benzene rings is 1. The molecule has 2 heteroatoms. The van der Waals surface area contributed by atoms with Gasteiger partial charge < -0.3 is 5.32 Å². The molecule has 3 rings (SSSR count). The van der Waals surface area contributed by atoms with E-state index in [9.17, 15) is 0 Å². The van der Waals surface area contributed by atoms with Crippen LogP contribution in [0.15, 0.2) is 18.2 Å². The van der Waals surface area contributed by atoms with Gasteiger partial charge in [-0.2, -0.15) is 0 Å². The second-order valence-corrected chi connectivity index (χ2v) is 5.75. The minimum absolute atomic E-state index is 0.373. The van der Waals surface area contributed by atoms with Gasteiger partial charge in [0.1, 0.15) is 0 Å². The van der Waals surface area contributed by atoms with Gasteiger partial charge in [0.2, 0.25) is 0 Å². The lowest BCUT2D eigenvalue weighted by Gasteiger charge is -2.35. The van der Waals surface area contributed by atoms with E-state index in [4.69, 9.17) is 11.6 Å². The van der Waals surface area contributed by atoms with Crippen molar-refractivity contribution in [3.8, 4) is 0 Å². The smallest absolute Gasteiger partial charge is 0.0446 e. The third kappa shape index (κ3) is 1.42. The molecule has 1 nitrogen and oxygen atoms in total. The molecule has 1 aliphatic carbocycles. The lowest BCUT2D eigenvalue weighted by molar-refractivity contribution is 0.297. The van der Waals surface area contributed by atoms with E-state index in [1.165, 1.54) is 30.4 Å². The number of piperidine rings is 1. The van der Waals surface area contributed by atoms with Gasteiger partial charge in [0, 0.05) is 10.4 Å². The van der Waals surface area contributed by atoms with Crippen LogP contribution < -0.4 is 5.32 Å². The molecule has 1 unspecified atom stereocenters. The SMILES string of the molecule is CC1CC2(CCNCC2)c2c(Cl)cccc21. The Labute approximate surface area is 102 Å². The van der Waals surface area contributed by atoms with E-state index in [-0.39, 0.29) is 0 Å². The third-order valence-electron chi connectivity index (χ3n) is 4.36. The molecule has 0 aromatic heterocycles. The molecule has 1 aliphatic heterocycles. The zero-order chi connectivity index (χ0) is 11.2. The highest BCUT2D eigenvalue weighted by molar-refractivity contribution is 6.31. The van der Waals surface area contributed by atoms with E-state index in [0.717, 1.165) is 18.1 Å². The first kappa shape index (κ1) is 10.6. The third-order valence-corrected chi connectivity index (χ3v) is 4.68. The average Bonchev–Trinajstić information content (AvgIpc) is 2.55. The lowest BCUT2D eigenvalue weighted by Crippen LogP contribution is -2.38. The Morgan fingerprint density at radius 2 is 2.06 bits per heavy atom. The summed E-state index contributed by atoms with van der Waals surface area (Å²) >= 11 is 6.44. The standard InChI is InChI=1S/C14H18ClN/c1-10-9-14(5-7-16-8-6-14)13-11(10)3-2-4-12(13)15/h2-4,10,16H,5-9H2,1H3. The van der Waals surface area contributed by atoms with Gasteiger partial charge in [-0.15, -0.1) is 0 Å². The molecule has 1 aromatic carbocycles. The van der Waals surface area contributed by atoms with E-state index in [1.807, 2.05) is 0 Å². The first-order chi connectivity index (χ1) is 7.73. The van der Waals surface area contributed by atoms with Crippen molar-refractivity contribution in [2.75, 3.05) is 13.1 Å². The molecule has 2 aliphatic rings. The second kappa shape index (κ2) is 3.75. The number of hydrogen-bond donors (Lipinski definition) is 1. The highest BCUT2D eigenvalue weighted by atomic mass is 35.5. The number of nitrogens with one attached hydrogen (secondary N) is 1. The largest absolute Gasteiger partial charge is 0.317 e. The van der Waals surface area contributed by atoms with Crippen LogP contribution in [0.1, 0.15) is 43.2 Å². The van der Waals surface area contributed by atoms with Crippen LogP contribution in [0.2, 0.25) is 5.02 Å². The number of hydrogen-bond acceptors (Lipinski definition) is 1.